The summed E-state index contributed by atoms with van der Waals surface area (Å²) in [6, 6.07) is 5.44. The maximum atomic E-state index is 6.03. The molecule has 5 heteroatoms. The van der Waals surface area contributed by atoms with Gasteiger partial charge in [-0.25, -0.2) is 0 Å². The zero-order valence-electron chi connectivity index (χ0n) is 7.77. The van der Waals surface area contributed by atoms with E-state index >= 15 is 0 Å². The van der Waals surface area contributed by atoms with Gasteiger partial charge in [-0.15, -0.1) is 0 Å². The molecule has 0 amide bonds. The van der Waals surface area contributed by atoms with Crippen LogP contribution in [0.15, 0.2) is 18.2 Å². The Morgan fingerprint density at radius 1 is 1.27 bits per heavy atom. The van der Waals surface area contributed by atoms with Crippen molar-refractivity contribution in [2.24, 2.45) is 0 Å². The molecule has 15 heavy (non-hydrogen) atoms. The molecule has 1 aliphatic rings. The second-order valence-corrected chi connectivity index (χ2v) is 4.40. The highest BCUT2D eigenvalue weighted by Crippen LogP contribution is 2.33. The molecule has 1 fully saturated rings. The Bertz CT molecular complexity index is 359. The Balaban J connectivity index is 2.13. The lowest BCUT2D eigenvalue weighted by Crippen LogP contribution is -2.19. The Labute approximate surface area is 103 Å². The Hall–Kier alpha value is -0.150. The van der Waals surface area contributed by atoms with Gasteiger partial charge in [-0.05, 0) is 18.6 Å². The minimum Gasteiger partial charge on any atom is -0.377 e. The zero-order valence-corrected chi connectivity index (χ0v) is 10.0. The quantitative estimate of drug-likeness (QED) is 0.875. The van der Waals surface area contributed by atoms with Crippen molar-refractivity contribution < 1.29 is 4.74 Å². The molecule has 0 bridgehead atoms. The van der Waals surface area contributed by atoms with Crippen LogP contribution < -0.4 is 5.32 Å². The average Bonchev–Trinajstić information content (AvgIpc) is 2.60. The van der Waals surface area contributed by atoms with Crippen LogP contribution in [0.3, 0.4) is 0 Å². The molecule has 0 spiro atoms. The fraction of sp³-hybridized carbons (Fsp3) is 0.300. The van der Waals surface area contributed by atoms with Gasteiger partial charge < -0.3 is 10.1 Å². The predicted molar refractivity (Wildman–Crippen MR) is 63.5 cm³/mol. The SMILES string of the molecule is Cl[C]1OCCC1Nc1cccc(Cl)c1Cl. The van der Waals surface area contributed by atoms with Gasteiger partial charge in [0, 0.05) is 0 Å². The highest BCUT2D eigenvalue weighted by Gasteiger charge is 2.28. The third-order valence-electron chi connectivity index (χ3n) is 2.20. The number of anilines is 1. The fourth-order valence-corrected chi connectivity index (χ4v) is 2.02. The summed E-state index contributed by atoms with van der Waals surface area (Å²) in [7, 11) is 0. The van der Waals surface area contributed by atoms with Crippen molar-refractivity contribution >= 4 is 40.5 Å². The summed E-state index contributed by atoms with van der Waals surface area (Å²) in [6.07, 6.45) is 0.835. The standard InChI is InChI=1S/C10H9Cl3NO/c11-6-2-1-3-7(9(6)12)14-8-4-5-15-10(8)13/h1-3,8,14H,4-5H2. The predicted octanol–water partition coefficient (Wildman–Crippen LogP) is 3.92. The number of benzene rings is 1. The molecule has 0 saturated carbocycles. The summed E-state index contributed by atoms with van der Waals surface area (Å²) in [5.41, 5.74) is 1.25. The third kappa shape index (κ3) is 2.51. The molecule has 1 N–H and O–H groups in total. The number of halogens is 3. The summed E-state index contributed by atoms with van der Waals surface area (Å²) >= 11 is 17.8. The van der Waals surface area contributed by atoms with Gasteiger partial charge in [0.05, 0.1) is 28.4 Å². The van der Waals surface area contributed by atoms with E-state index in [0.29, 0.717) is 22.2 Å². The molecule has 1 aliphatic heterocycles. The molecular formula is C10H9Cl3NO. The minimum absolute atomic E-state index is 0.00244. The first-order valence-electron chi connectivity index (χ1n) is 4.54. The average molecular weight is 266 g/mol. The molecule has 1 heterocycles. The van der Waals surface area contributed by atoms with Gasteiger partial charge in [0.1, 0.15) is 0 Å². The fourth-order valence-electron chi connectivity index (χ4n) is 1.42. The summed E-state index contributed by atoms with van der Waals surface area (Å²) < 4.78 is 5.15. The van der Waals surface area contributed by atoms with E-state index in [1.54, 1.807) is 6.07 Å². The molecular weight excluding hydrogens is 256 g/mol. The first-order valence-corrected chi connectivity index (χ1v) is 5.67. The highest BCUT2D eigenvalue weighted by atomic mass is 35.5. The van der Waals surface area contributed by atoms with Crippen LogP contribution in [0.4, 0.5) is 5.69 Å². The monoisotopic (exact) mass is 264 g/mol. The second kappa shape index (κ2) is 4.79. The molecule has 2 nitrogen and oxygen atoms in total. The molecule has 0 aliphatic carbocycles. The van der Waals surface area contributed by atoms with Gasteiger partial charge in [0.2, 0.25) is 5.56 Å². The van der Waals surface area contributed by atoms with Crippen LogP contribution in [-0.2, 0) is 4.74 Å². The van der Waals surface area contributed by atoms with E-state index in [1.807, 2.05) is 12.1 Å². The van der Waals surface area contributed by atoms with Crippen LogP contribution in [0.1, 0.15) is 6.42 Å². The molecule has 81 valence electrons. The van der Waals surface area contributed by atoms with Crippen molar-refractivity contribution in [1.82, 2.24) is 0 Å². The van der Waals surface area contributed by atoms with Crippen LogP contribution in [0.25, 0.3) is 0 Å². The third-order valence-corrected chi connectivity index (χ3v) is 3.39. The van der Waals surface area contributed by atoms with E-state index in [4.69, 9.17) is 39.5 Å². The molecule has 1 saturated heterocycles. The van der Waals surface area contributed by atoms with E-state index in [0.717, 1.165) is 12.1 Å². The summed E-state index contributed by atoms with van der Waals surface area (Å²) in [5, 5.41) is 4.22. The number of hydrogen-bond acceptors (Lipinski definition) is 2. The van der Waals surface area contributed by atoms with Crippen molar-refractivity contribution in [2.75, 3.05) is 11.9 Å². The smallest absolute Gasteiger partial charge is 0.206 e. The Morgan fingerprint density at radius 2 is 2.07 bits per heavy atom. The van der Waals surface area contributed by atoms with E-state index in [1.165, 1.54) is 0 Å². The van der Waals surface area contributed by atoms with Crippen LogP contribution in [0.2, 0.25) is 10.0 Å². The lowest BCUT2D eigenvalue weighted by atomic mass is 10.2. The van der Waals surface area contributed by atoms with Gasteiger partial charge in [0.25, 0.3) is 0 Å². The normalized spacial score (nSPS) is 21.9. The maximum absolute atomic E-state index is 6.03. The van der Waals surface area contributed by atoms with Crippen molar-refractivity contribution in [3.05, 3.63) is 33.8 Å². The Morgan fingerprint density at radius 3 is 2.73 bits per heavy atom. The minimum atomic E-state index is 0.00244. The molecule has 1 atom stereocenters. The first kappa shape index (κ1) is 11.3. The van der Waals surface area contributed by atoms with Gasteiger partial charge >= 0.3 is 0 Å². The van der Waals surface area contributed by atoms with Crippen molar-refractivity contribution in [3.63, 3.8) is 0 Å². The van der Waals surface area contributed by atoms with E-state index < -0.39 is 0 Å². The van der Waals surface area contributed by atoms with Gasteiger partial charge in [-0.2, -0.15) is 0 Å². The molecule has 1 aromatic rings. The van der Waals surface area contributed by atoms with Gasteiger partial charge in [0.15, 0.2) is 0 Å². The van der Waals surface area contributed by atoms with Crippen LogP contribution >= 0.6 is 34.8 Å². The Kier molecular flexibility index (Phi) is 3.62. The number of nitrogens with one attached hydrogen (secondary N) is 1. The number of ether oxygens (including phenoxy) is 1. The molecule has 1 unspecified atom stereocenters. The second-order valence-electron chi connectivity index (χ2n) is 3.24. The summed E-state index contributed by atoms with van der Waals surface area (Å²) in [4.78, 5) is 0. The van der Waals surface area contributed by atoms with Crippen LogP contribution in [0.5, 0.6) is 0 Å². The van der Waals surface area contributed by atoms with Crippen molar-refractivity contribution in [1.29, 1.82) is 0 Å². The van der Waals surface area contributed by atoms with E-state index in [2.05, 4.69) is 5.32 Å². The van der Waals surface area contributed by atoms with Gasteiger partial charge in [-0.3, -0.25) is 0 Å². The van der Waals surface area contributed by atoms with Crippen molar-refractivity contribution in [3.8, 4) is 0 Å². The molecule has 2 rings (SSSR count). The molecule has 1 aromatic carbocycles. The van der Waals surface area contributed by atoms with Crippen LogP contribution in [-0.4, -0.2) is 12.6 Å². The number of rotatable bonds is 2. The van der Waals surface area contributed by atoms with E-state index in [9.17, 15) is 0 Å². The molecule has 0 aromatic heterocycles. The lowest BCUT2D eigenvalue weighted by molar-refractivity contribution is 0.235. The van der Waals surface area contributed by atoms with Crippen molar-refractivity contribution in [2.45, 2.75) is 12.5 Å². The van der Waals surface area contributed by atoms with E-state index in [-0.39, 0.29) is 6.04 Å². The van der Waals surface area contributed by atoms with Gasteiger partial charge in [-0.1, -0.05) is 40.9 Å². The number of hydrogen-bond donors (Lipinski definition) is 1. The maximum Gasteiger partial charge on any atom is 0.206 e. The zero-order chi connectivity index (χ0) is 10.8. The topological polar surface area (TPSA) is 21.3 Å². The lowest BCUT2D eigenvalue weighted by Gasteiger charge is -2.16. The van der Waals surface area contributed by atoms with Crippen LogP contribution in [0, 0.1) is 5.56 Å². The summed E-state index contributed by atoms with van der Waals surface area (Å²) in [5.74, 6) is 0. The first-order chi connectivity index (χ1) is 7.18. The largest absolute Gasteiger partial charge is 0.377 e. The summed E-state index contributed by atoms with van der Waals surface area (Å²) in [6.45, 7) is 0.634. The highest BCUT2D eigenvalue weighted by molar-refractivity contribution is 6.43. The molecule has 1 radical (unpaired) electrons.